The van der Waals surface area contributed by atoms with Gasteiger partial charge in [0, 0.05) is 26.0 Å². The second-order valence-corrected chi connectivity index (χ2v) is 5.06. The molecule has 0 heterocycles. The van der Waals surface area contributed by atoms with Crippen LogP contribution in [0, 0.1) is 0 Å². The number of hydrogen-bond donors (Lipinski definition) is 2. The fourth-order valence-corrected chi connectivity index (χ4v) is 1.25. The van der Waals surface area contributed by atoms with E-state index in [-0.39, 0.29) is 29.6 Å². The number of nitrogens with zero attached hydrogens (tertiary/aromatic N) is 1. The van der Waals surface area contributed by atoms with Crippen molar-refractivity contribution in [2.45, 2.75) is 26.4 Å². The molecular weight excluding hydrogens is 349 g/mol. The zero-order chi connectivity index (χ0) is 12.4. The van der Waals surface area contributed by atoms with Gasteiger partial charge >= 0.3 is 0 Å². The summed E-state index contributed by atoms with van der Waals surface area (Å²) in [6, 6.07) is 0. The molecule has 104 valence electrons. The minimum absolute atomic E-state index is 0. The highest BCUT2D eigenvalue weighted by molar-refractivity contribution is 14.0. The Bertz CT molecular complexity index is 213. The van der Waals surface area contributed by atoms with Gasteiger partial charge in [-0.05, 0) is 27.0 Å². The number of guanidine groups is 1. The summed E-state index contributed by atoms with van der Waals surface area (Å²) in [5.74, 6) is 1.94. The van der Waals surface area contributed by atoms with Crippen LogP contribution >= 0.6 is 35.7 Å². The fourth-order valence-electron chi connectivity index (χ4n) is 0.947. The van der Waals surface area contributed by atoms with Gasteiger partial charge in [0.25, 0.3) is 0 Å². The largest absolute Gasteiger partial charge is 0.377 e. The monoisotopic (exact) mass is 375 g/mol. The van der Waals surface area contributed by atoms with E-state index in [1.165, 1.54) is 0 Å². The maximum atomic E-state index is 5.33. The summed E-state index contributed by atoms with van der Waals surface area (Å²) >= 11 is 1.82. The maximum absolute atomic E-state index is 5.33. The molecule has 0 amide bonds. The van der Waals surface area contributed by atoms with Crippen LogP contribution in [-0.2, 0) is 4.74 Å². The van der Waals surface area contributed by atoms with Crippen molar-refractivity contribution in [3.63, 3.8) is 0 Å². The van der Waals surface area contributed by atoms with Crippen LogP contribution < -0.4 is 10.6 Å². The average molecular weight is 375 g/mol. The van der Waals surface area contributed by atoms with Crippen molar-refractivity contribution in [2.24, 2.45) is 4.99 Å². The van der Waals surface area contributed by atoms with Gasteiger partial charge in [-0.15, -0.1) is 24.0 Å². The van der Waals surface area contributed by atoms with E-state index in [1.807, 2.05) is 25.6 Å². The molecule has 0 aromatic heterocycles. The lowest BCUT2D eigenvalue weighted by Gasteiger charge is -2.21. The van der Waals surface area contributed by atoms with Gasteiger partial charge in [-0.3, -0.25) is 4.99 Å². The van der Waals surface area contributed by atoms with Crippen LogP contribution in [0.3, 0.4) is 0 Å². The van der Waals surface area contributed by atoms with Crippen molar-refractivity contribution < 1.29 is 4.74 Å². The highest BCUT2D eigenvalue weighted by atomic mass is 127. The van der Waals surface area contributed by atoms with Crippen molar-refractivity contribution >= 4 is 41.7 Å². The van der Waals surface area contributed by atoms with Gasteiger partial charge in [0.2, 0.25) is 0 Å². The average Bonchev–Trinajstić information content (AvgIpc) is 2.26. The first-order valence-electron chi connectivity index (χ1n) is 5.62. The summed E-state index contributed by atoms with van der Waals surface area (Å²) in [6.45, 7) is 8.58. The van der Waals surface area contributed by atoms with Crippen LogP contribution in [0.1, 0.15) is 20.8 Å². The molecule has 0 bridgehead atoms. The third kappa shape index (κ3) is 11.1. The van der Waals surface area contributed by atoms with Crippen molar-refractivity contribution in [1.29, 1.82) is 0 Å². The number of aliphatic imine (C=N–C) groups is 1. The number of rotatable bonds is 7. The van der Waals surface area contributed by atoms with Gasteiger partial charge in [0.05, 0.1) is 12.1 Å². The zero-order valence-electron chi connectivity index (χ0n) is 11.5. The Morgan fingerprint density at radius 2 is 2.00 bits per heavy atom. The van der Waals surface area contributed by atoms with Crippen molar-refractivity contribution in [3.8, 4) is 0 Å². The minimum Gasteiger partial charge on any atom is -0.377 e. The lowest BCUT2D eigenvalue weighted by Crippen LogP contribution is -2.40. The standard InChI is InChI=1S/C11H25N3OS.HI/c1-6-12-10(13-7-8-16-5)14-9-11(2,3)15-4;/h6-9H2,1-5H3,(H2,12,13,14);1H. The predicted octanol–water partition coefficient (Wildman–Crippen LogP) is 1.95. The van der Waals surface area contributed by atoms with E-state index >= 15 is 0 Å². The fraction of sp³-hybridized carbons (Fsp3) is 0.909. The lowest BCUT2D eigenvalue weighted by molar-refractivity contribution is 0.0311. The molecule has 6 heteroatoms. The number of methoxy groups -OCH3 is 1. The molecule has 0 radical (unpaired) electrons. The molecule has 0 aliphatic carbocycles. The molecule has 0 unspecified atom stereocenters. The lowest BCUT2D eigenvalue weighted by atomic mass is 10.1. The molecule has 0 saturated heterocycles. The first-order valence-corrected chi connectivity index (χ1v) is 7.01. The number of hydrogen-bond acceptors (Lipinski definition) is 3. The molecule has 0 aromatic carbocycles. The molecule has 17 heavy (non-hydrogen) atoms. The molecular formula is C11H26IN3OS. The Labute approximate surface area is 127 Å². The van der Waals surface area contributed by atoms with Gasteiger partial charge in [0.15, 0.2) is 5.96 Å². The number of thioether (sulfide) groups is 1. The zero-order valence-corrected chi connectivity index (χ0v) is 14.6. The van der Waals surface area contributed by atoms with Gasteiger partial charge in [0.1, 0.15) is 0 Å². The van der Waals surface area contributed by atoms with Gasteiger partial charge in [-0.2, -0.15) is 11.8 Å². The first-order chi connectivity index (χ1) is 7.55. The third-order valence-electron chi connectivity index (χ3n) is 2.11. The summed E-state index contributed by atoms with van der Waals surface area (Å²) in [5, 5.41) is 6.49. The van der Waals surface area contributed by atoms with E-state index in [1.54, 1.807) is 7.11 Å². The molecule has 0 spiro atoms. The molecule has 0 aromatic rings. The quantitative estimate of drug-likeness (QED) is 0.309. The minimum atomic E-state index is -0.206. The number of nitrogens with one attached hydrogen (secondary N) is 2. The predicted molar refractivity (Wildman–Crippen MR) is 88.9 cm³/mol. The van der Waals surface area contributed by atoms with Crippen LogP contribution in [-0.4, -0.2) is 50.3 Å². The highest BCUT2D eigenvalue weighted by Crippen LogP contribution is 2.06. The Morgan fingerprint density at radius 1 is 1.35 bits per heavy atom. The van der Waals surface area contributed by atoms with Gasteiger partial charge in [-0.25, -0.2) is 0 Å². The molecule has 2 N–H and O–H groups in total. The smallest absolute Gasteiger partial charge is 0.191 e. The van der Waals surface area contributed by atoms with Crippen molar-refractivity contribution in [3.05, 3.63) is 0 Å². The summed E-state index contributed by atoms with van der Waals surface area (Å²) in [6.07, 6.45) is 2.10. The van der Waals surface area contributed by atoms with Crippen LogP contribution in [0.2, 0.25) is 0 Å². The molecule has 0 atom stereocenters. The summed E-state index contributed by atoms with van der Waals surface area (Å²) in [5.41, 5.74) is -0.206. The van der Waals surface area contributed by atoms with Gasteiger partial charge < -0.3 is 15.4 Å². The normalized spacial score (nSPS) is 11.9. The third-order valence-corrected chi connectivity index (χ3v) is 2.73. The van der Waals surface area contributed by atoms with E-state index in [2.05, 4.69) is 28.8 Å². The van der Waals surface area contributed by atoms with E-state index in [0.717, 1.165) is 24.8 Å². The summed E-state index contributed by atoms with van der Waals surface area (Å²) < 4.78 is 5.33. The second-order valence-electron chi connectivity index (χ2n) is 4.08. The Kier molecular flexibility index (Phi) is 13.2. The Morgan fingerprint density at radius 3 is 2.47 bits per heavy atom. The van der Waals surface area contributed by atoms with Crippen LogP contribution in [0.15, 0.2) is 4.99 Å². The molecule has 0 aliphatic rings. The van der Waals surface area contributed by atoms with Crippen molar-refractivity contribution in [1.82, 2.24) is 10.6 Å². The molecule has 0 aliphatic heterocycles. The summed E-state index contributed by atoms with van der Waals surface area (Å²) in [7, 11) is 1.71. The molecule has 0 saturated carbocycles. The SMILES string of the molecule is CCNC(=NCC(C)(C)OC)NCCSC.I. The second kappa shape index (κ2) is 11.4. The van der Waals surface area contributed by atoms with Crippen LogP contribution in [0.25, 0.3) is 0 Å². The van der Waals surface area contributed by atoms with E-state index < -0.39 is 0 Å². The van der Waals surface area contributed by atoms with Crippen molar-refractivity contribution in [2.75, 3.05) is 38.8 Å². The molecule has 0 rings (SSSR count). The van der Waals surface area contributed by atoms with E-state index in [4.69, 9.17) is 4.74 Å². The topological polar surface area (TPSA) is 45.7 Å². The molecule has 4 nitrogen and oxygen atoms in total. The number of ether oxygens (including phenoxy) is 1. The van der Waals surface area contributed by atoms with Crippen LogP contribution in [0.4, 0.5) is 0 Å². The maximum Gasteiger partial charge on any atom is 0.191 e. The van der Waals surface area contributed by atoms with Crippen LogP contribution in [0.5, 0.6) is 0 Å². The summed E-state index contributed by atoms with van der Waals surface area (Å²) in [4.78, 5) is 4.49. The molecule has 0 fully saturated rings. The van der Waals surface area contributed by atoms with Gasteiger partial charge in [-0.1, -0.05) is 0 Å². The Balaban J connectivity index is 0. The number of halogens is 1. The Hall–Kier alpha value is 0.310. The highest BCUT2D eigenvalue weighted by Gasteiger charge is 2.15. The van der Waals surface area contributed by atoms with E-state index in [0.29, 0.717) is 6.54 Å². The van der Waals surface area contributed by atoms with E-state index in [9.17, 15) is 0 Å². The first kappa shape index (κ1) is 19.6.